The molecule has 0 bridgehead atoms. The average molecular weight is 308 g/mol. The van der Waals surface area contributed by atoms with Crippen LogP contribution in [0.15, 0.2) is 0 Å². The van der Waals surface area contributed by atoms with Gasteiger partial charge in [0, 0.05) is 7.05 Å². The second-order valence-corrected chi connectivity index (χ2v) is 7.16. The number of amides is 1. The van der Waals surface area contributed by atoms with Gasteiger partial charge in [0.2, 0.25) is 0 Å². The number of ether oxygens (including phenoxy) is 2. The van der Waals surface area contributed by atoms with Gasteiger partial charge in [-0.1, -0.05) is 32.4 Å². The lowest BCUT2D eigenvalue weighted by Gasteiger charge is -2.32. The Balaban J connectivity index is 5.01. The van der Waals surface area contributed by atoms with Crippen LogP contribution < -0.4 is 0 Å². The van der Waals surface area contributed by atoms with Crippen molar-refractivity contribution in [2.24, 2.45) is 5.41 Å². The number of likely N-dealkylation sites (N-methyl/N-ethyl adjacent to an activating group) is 1. The van der Waals surface area contributed by atoms with Crippen LogP contribution in [-0.4, -0.2) is 41.7 Å². The second-order valence-electron chi connectivity index (χ2n) is 6.94. The van der Waals surface area contributed by atoms with Crippen molar-refractivity contribution in [2.45, 2.75) is 59.6 Å². The van der Waals surface area contributed by atoms with E-state index in [2.05, 4.69) is 0 Å². The molecular weight excluding hydrogens is 282 g/mol. The Labute approximate surface area is 126 Å². The van der Waals surface area contributed by atoms with Gasteiger partial charge < -0.3 is 9.47 Å². The van der Waals surface area contributed by atoms with E-state index in [1.54, 1.807) is 20.8 Å². The van der Waals surface area contributed by atoms with Crippen molar-refractivity contribution in [3.05, 3.63) is 0 Å². The predicted molar refractivity (Wildman–Crippen MR) is 78.7 cm³/mol. The summed E-state index contributed by atoms with van der Waals surface area (Å²) in [5.41, 5.74) is -0.764. The molecule has 20 heavy (non-hydrogen) atoms. The SMILES string of the molecule is CN(C(=O)OC(C)(C)C)C(CC(C)(C)C)C(=O)OCCl. The lowest BCUT2D eigenvalue weighted by atomic mass is 9.87. The molecule has 0 aliphatic carbocycles. The quantitative estimate of drug-likeness (QED) is 0.590. The number of carbonyl (C=O) groups is 2. The number of hydrogen-bond donors (Lipinski definition) is 0. The molecule has 6 heteroatoms. The maximum Gasteiger partial charge on any atom is 0.410 e. The summed E-state index contributed by atoms with van der Waals surface area (Å²) in [4.78, 5) is 25.3. The summed E-state index contributed by atoms with van der Waals surface area (Å²) >= 11 is 5.42. The summed E-state index contributed by atoms with van der Waals surface area (Å²) in [6, 6.07) is -0.953. The zero-order valence-corrected chi connectivity index (χ0v) is 14.2. The smallest absolute Gasteiger partial charge is 0.410 e. The Morgan fingerprint density at radius 3 is 2.00 bits per heavy atom. The van der Waals surface area contributed by atoms with Crippen molar-refractivity contribution in [1.29, 1.82) is 0 Å². The molecule has 0 heterocycles. The first-order chi connectivity index (χ1) is 8.87. The van der Waals surface area contributed by atoms with Crippen LogP contribution in [0.4, 0.5) is 4.79 Å². The standard InChI is InChI=1S/C14H26ClNO4/c1-13(2,3)8-10(11(17)19-9-15)16(7)12(18)20-14(4,5)6/h10H,8-9H2,1-7H3. The monoisotopic (exact) mass is 307 g/mol. The summed E-state index contributed by atoms with van der Waals surface area (Å²) in [5.74, 6) is -0.525. The van der Waals surface area contributed by atoms with Gasteiger partial charge in [0.1, 0.15) is 11.6 Å². The Bertz CT molecular complexity index is 344. The van der Waals surface area contributed by atoms with E-state index >= 15 is 0 Å². The zero-order chi connectivity index (χ0) is 16.1. The highest BCUT2D eigenvalue weighted by atomic mass is 35.5. The molecule has 0 aromatic carbocycles. The molecule has 1 atom stereocenters. The Morgan fingerprint density at radius 1 is 1.15 bits per heavy atom. The van der Waals surface area contributed by atoms with Crippen LogP contribution in [0.25, 0.3) is 0 Å². The van der Waals surface area contributed by atoms with Crippen LogP contribution in [-0.2, 0) is 14.3 Å². The molecule has 0 saturated heterocycles. The fourth-order valence-electron chi connectivity index (χ4n) is 1.57. The average Bonchev–Trinajstić information content (AvgIpc) is 2.21. The number of alkyl halides is 1. The maximum absolute atomic E-state index is 12.1. The van der Waals surface area contributed by atoms with Crippen LogP contribution in [0.3, 0.4) is 0 Å². The first kappa shape index (κ1) is 19.0. The first-order valence-corrected chi connectivity index (χ1v) is 7.09. The van der Waals surface area contributed by atoms with Crippen LogP contribution >= 0.6 is 11.6 Å². The second kappa shape index (κ2) is 7.16. The molecule has 1 amide bonds. The molecule has 118 valence electrons. The molecule has 0 saturated carbocycles. The van der Waals surface area contributed by atoms with Crippen molar-refractivity contribution in [2.75, 3.05) is 13.1 Å². The van der Waals surface area contributed by atoms with Gasteiger partial charge in [-0.15, -0.1) is 0 Å². The Kier molecular flexibility index (Phi) is 6.81. The molecule has 0 radical (unpaired) electrons. The number of hydrogen-bond acceptors (Lipinski definition) is 4. The molecule has 0 aliphatic heterocycles. The summed E-state index contributed by atoms with van der Waals surface area (Å²) in [6.45, 7) is 11.3. The lowest BCUT2D eigenvalue weighted by molar-refractivity contribution is -0.148. The third-order valence-corrected chi connectivity index (χ3v) is 2.53. The fraction of sp³-hybridized carbons (Fsp3) is 0.857. The minimum absolute atomic E-state index is 0.147. The van der Waals surface area contributed by atoms with E-state index in [1.165, 1.54) is 11.9 Å². The number of rotatable bonds is 4. The summed E-state index contributed by atoms with van der Waals surface area (Å²) in [6.07, 6.45) is -0.100. The molecule has 0 spiro atoms. The highest BCUT2D eigenvalue weighted by Crippen LogP contribution is 2.25. The molecule has 5 nitrogen and oxygen atoms in total. The number of halogens is 1. The van der Waals surface area contributed by atoms with Crippen molar-refractivity contribution in [1.82, 2.24) is 4.90 Å². The van der Waals surface area contributed by atoms with Crippen LogP contribution in [0.2, 0.25) is 0 Å². The van der Waals surface area contributed by atoms with Crippen LogP contribution in [0, 0.1) is 5.41 Å². The van der Waals surface area contributed by atoms with Crippen molar-refractivity contribution in [3.63, 3.8) is 0 Å². The maximum atomic E-state index is 12.1. The van der Waals surface area contributed by atoms with E-state index in [1.807, 2.05) is 20.8 Å². The van der Waals surface area contributed by atoms with Gasteiger partial charge in [0.15, 0.2) is 6.07 Å². The van der Waals surface area contributed by atoms with E-state index in [-0.39, 0.29) is 11.5 Å². The molecule has 0 aromatic rings. The van der Waals surface area contributed by atoms with Crippen molar-refractivity contribution in [3.8, 4) is 0 Å². The Hall–Kier alpha value is -0.970. The zero-order valence-electron chi connectivity index (χ0n) is 13.4. The Morgan fingerprint density at radius 2 is 1.65 bits per heavy atom. The van der Waals surface area contributed by atoms with E-state index < -0.39 is 23.7 Å². The highest BCUT2D eigenvalue weighted by molar-refractivity contribution is 6.17. The summed E-state index contributed by atoms with van der Waals surface area (Å²) < 4.78 is 10.1. The highest BCUT2D eigenvalue weighted by Gasteiger charge is 2.34. The van der Waals surface area contributed by atoms with Gasteiger partial charge >= 0.3 is 12.1 Å². The topological polar surface area (TPSA) is 55.8 Å². The molecule has 0 aliphatic rings. The van der Waals surface area contributed by atoms with E-state index in [4.69, 9.17) is 21.1 Å². The number of nitrogens with zero attached hydrogens (tertiary/aromatic N) is 1. The fourth-order valence-corrected chi connectivity index (χ4v) is 1.68. The van der Waals surface area contributed by atoms with Gasteiger partial charge in [0.25, 0.3) is 0 Å². The number of carbonyl (C=O) groups excluding carboxylic acids is 2. The van der Waals surface area contributed by atoms with Gasteiger partial charge in [-0.25, -0.2) is 9.59 Å². The summed E-state index contributed by atoms with van der Waals surface area (Å²) in [5, 5.41) is 0. The van der Waals surface area contributed by atoms with E-state index in [0.29, 0.717) is 6.42 Å². The van der Waals surface area contributed by atoms with Gasteiger partial charge in [0.05, 0.1) is 0 Å². The molecule has 0 fully saturated rings. The van der Waals surface area contributed by atoms with Gasteiger partial charge in [-0.3, -0.25) is 4.90 Å². The molecular formula is C14H26ClNO4. The van der Waals surface area contributed by atoms with Crippen molar-refractivity contribution < 1.29 is 19.1 Å². The molecule has 0 rings (SSSR count). The van der Waals surface area contributed by atoms with E-state index in [0.717, 1.165) is 0 Å². The van der Waals surface area contributed by atoms with E-state index in [9.17, 15) is 9.59 Å². The predicted octanol–water partition coefficient (Wildman–Crippen LogP) is 3.40. The minimum atomic E-state index is -0.719. The third-order valence-electron chi connectivity index (χ3n) is 2.42. The molecule has 1 unspecified atom stereocenters. The minimum Gasteiger partial charge on any atom is -0.448 e. The molecule has 0 aromatic heterocycles. The summed E-state index contributed by atoms with van der Waals surface area (Å²) in [7, 11) is 1.53. The van der Waals surface area contributed by atoms with Gasteiger partial charge in [-0.05, 0) is 32.6 Å². The van der Waals surface area contributed by atoms with Crippen molar-refractivity contribution >= 4 is 23.7 Å². The first-order valence-electron chi connectivity index (χ1n) is 6.56. The normalized spacial score (nSPS) is 13.6. The van der Waals surface area contributed by atoms with Gasteiger partial charge in [-0.2, -0.15) is 0 Å². The lowest BCUT2D eigenvalue weighted by Crippen LogP contribution is -2.47. The largest absolute Gasteiger partial charge is 0.448 e. The number of esters is 1. The van der Waals surface area contributed by atoms with Crippen LogP contribution in [0.5, 0.6) is 0 Å². The van der Waals surface area contributed by atoms with Crippen LogP contribution in [0.1, 0.15) is 48.0 Å². The third kappa shape index (κ3) is 7.58. The molecule has 0 N–H and O–H groups in total.